The molecular formula is C16H22N2. The minimum atomic E-state index is 1.05. The van der Waals surface area contributed by atoms with E-state index < -0.39 is 0 Å². The Labute approximate surface area is 109 Å². The maximum absolute atomic E-state index is 3.44. The van der Waals surface area contributed by atoms with Gasteiger partial charge in [0, 0.05) is 17.1 Å². The third kappa shape index (κ3) is 2.17. The molecule has 0 unspecified atom stereocenters. The zero-order valence-electron chi connectivity index (χ0n) is 11.2. The van der Waals surface area contributed by atoms with E-state index in [4.69, 9.17) is 0 Å². The molecule has 0 radical (unpaired) electrons. The molecule has 2 N–H and O–H groups in total. The van der Waals surface area contributed by atoms with Crippen LogP contribution in [0, 0.1) is 0 Å². The Hall–Kier alpha value is -1.28. The molecule has 0 aliphatic heterocycles. The topological polar surface area (TPSA) is 27.8 Å². The van der Waals surface area contributed by atoms with Gasteiger partial charge >= 0.3 is 0 Å². The normalized spacial score (nSPS) is 15.6. The molecule has 2 heteroatoms. The zero-order valence-corrected chi connectivity index (χ0v) is 11.2. The Bertz CT molecular complexity index is 539. The van der Waals surface area contributed by atoms with Gasteiger partial charge in [-0.2, -0.15) is 0 Å². The van der Waals surface area contributed by atoms with Crippen molar-refractivity contribution in [3.8, 4) is 0 Å². The Kier molecular flexibility index (Phi) is 3.37. The summed E-state index contributed by atoms with van der Waals surface area (Å²) in [6, 6.07) is 4.83. The zero-order chi connectivity index (χ0) is 12.4. The maximum Gasteiger partial charge on any atom is 0.0459 e. The molecule has 1 aliphatic rings. The third-order valence-electron chi connectivity index (χ3n) is 4.12. The average Bonchev–Trinajstić information content (AvgIpc) is 2.62. The standard InChI is InChI=1S/C16H22N2/c1-17-8-7-14-11-18-16-10-13-6-4-2-3-5-12(13)9-15(14)16/h9-11,17-18H,2-8H2,1H3. The number of aromatic nitrogens is 1. The molecule has 0 amide bonds. The first-order chi connectivity index (χ1) is 8.88. The molecule has 1 aromatic carbocycles. The molecule has 0 atom stereocenters. The summed E-state index contributed by atoms with van der Waals surface area (Å²) in [4.78, 5) is 3.44. The molecule has 18 heavy (non-hydrogen) atoms. The summed E-state index contributed by atoms with van der Waals surface area (Å²) in [5.74, 6) is 0. The lowest BCUT2D eigenvalue weighted by Gasteiger charge is -2.07. The summed E-state index contributed by atoms with van der Waals surface area (Å²) in [7, 11) is 2.01. The van der Waals surface area contributed by atoms with Crippen molar-refractivity contribution in [2.45, 2.75) is 38.5 Å². The van der Waals surface area contributed by atoms with E-state index in [0.29, 0.717) is 0 Å². The van der Waals surface area contributed by atoms with Crippen LogP contribution >= 0.6 is 0 Å². The number of benzene rings is 1. The highest BCUT2D eigenvalue weighted by Crippen LogP contribution is 2.27. The number of aryl methyl sites for hydroxylation is 2. The Morgan fingerprint density at radius 3 is 2.67 bits per heavy atom. The van der Waals surface area contributed by atoms with Gasteiger partial charge in [0.25, 0.3) is 0 Å². The molecule has 0 saturated carbocycles. The molecule has 2 aromatic rings. The maximum atomic E-state index is 3.44. The molecular weight excluding hydrogens is 220 g/mol. The second-order valence-corrected chi connectivity index (χ2v) is 5.39. The SMILES string of the molecule is CNCCc1c[nH]c2cc3c(cc12)CCCCC3. The molecule has 2 nitrogen and oxygen atoms in total. The fraction of sp³-hybridized carbons (Fsp3) is 0.500. The van der Waals surface area contributed by atoms with Crippen LogP contribution in [0.3, 0.4) is 0 Å². The van der Waals surface area contributed by atoms with E-state index in [2.05, 4.69) is 28.6 Å². The van der Waals surface area contributed by atoms with Crippen molar-refractivity contribution in [2.75, 3.05) is 13.6 Å². The number of aromatic amines is 1. The van der Waals surface area contributed by atoms with E-state index >= 15 is 0 Å². The number of nitrogens with one attached hydrogen (secondary N) is 2. The van der Waals surface area contributed by atoms with Gasteiger partial charge in [-0.25, -0.2) is 0 Å². The Morgan fingerprint density at radius 2 is 1.89 bits per heavy atom. The van der Waals surface area contributed by atoms with Gasteiger partial charge in [-0.15, -0.1) is 0 Å². The largest absolute Gasteiger partial charge is 0.361 e. The van der Waals surface area contributed by atoms with Gasteiger partial charge in [-0.3, -0.25) is 0 Å². The van der Waals surface area contributed by atoms with Crippen molar-refractivity contribution in [3.63, 3.8) is 0 Å². The first-order valence-electron chi connectivity index (χ1n) is 7.15. The summed E-state index contributed by atoms with van der Waals surface area (Å²) in [6.07, 6.45) is 9.91. The highest BCUT2D eigenvalue weighted by atomic mass is 14.8. The number of fused-ring (bicyclic) bond motifs is 2. The van der Waals surface area contributed by atoms with Crippen LogP contribution in [0.2, 0.25) is 0 Å². The molecule has 1 heterocycles. The van der Waals surface area contributed by atoms with Crippen molar-refractivity contribution < 1.29 is 0 Å². The lowest BCUT2D eigenvalue weighted by Crippen LogP contribution is -2.09. The molecule has 0 fully saturated rings. The van der Waals surface area contributed by atoms with Crippen LogP contribution in [0.15, 0.2) is 18.3 Å². The van der Waals surface area contributed by atoms with Gasteiger partial charge in [0.2, 0.25) is 0 Å². The monoisotopic (exact) mass is 242 g/mol. The average molecular weight is 242 g/mol. The number of hydrogen-bond acceptors (Lipinski definition) is 1. The molecule has 1 aromatic heterocycles. The lowest BCUT2D eigenvalue weighted by atomic mass is 9.99. The fourth-order valence-corrected chi connectivity index (χ4v) is 3.06. The Balaban J connectivity index is 2.01. The minimum absolute atomic E-state index is 1.05. The number of likely N-dealkylation sites (N-methyl/N-ethyl adjacent to an activating group) is 1. The molecule has 0 saturated heterocycles. The van der Waals surface area contributed by atoms with E-state index in [0.717, 1.165) is 13.0 Å². The van der Waals surface area contributed by atoms with Gasteiger partial charge in [0.05, 0.1) is 0 Å². The number of hydrogen-bond donors (Lipinski definition) is 2. The second kappa shape index (κ2) is 5.15. The van der Waals surface area contributed by atoms with Crippen LogP contribution < -0.4 is 5.32 Å². The summed E-state index contributed by atoms with van der Waals surface area (Å²) in [5, 5.41) is 4.67. The van der Waals surface area contributed by atoms with Crippen LogP contribution in [-0.4, -0.2) is 18.6 Å². The van der Waals surface area contributed by atoms with Crippen LogP contribution in [0.4, 0.5) is 0 Å². The first kappa shape index (κ1) is 11.8. The van der Waals surface area contributed by atoms with Crippen LogP contribution in [0.1, 0.15) is 36.0 Å². The van der Waals surface area contributed by atoms with Crippen LogP contribution in [0.25, 0.3) is 10.9 Å². The lowest BCUT2D eigenvalue weighted by molar-refractivity contribution is 0.711. The van der Waals surface area contributed by atoms with Gasteiger partial charge in [-0.05, 0) is 74.5 Å². The second-order valence-electron chi connectivity index (χ2n) is 5.39. The molecule has 0 spiro atoms. The smallest absolute Gasteiger partial charge is 0.0459 e. The van der Waals surface area contributed by atoms with E-state index in [-0.39, 0.29) is 0 Å². The fourth-order valence-electron chi connectivity index (χ4n) is 3.06. The number of H-pyrrole nitrogens is 1. The van der Waals surface area contributed by atoms with Gasteiger partial charge in [0.1, 0.15) is 0 Å². The minimum Gasteiger partial charge on any atom is -0.361 e. The highest BCUT2D eigenvalue weighted by Gasteiger charge is 2.11. The molecule has 3 rings (SSSR count). The Morgan fingerprint density at radius 1 is 1.11 bits per heavy atom. The molecule has 1 aliphatic carbocycles. The van der Waals surface area contributed by atoms with E-state index in [1.807, 2.05) is 7.05 Å². The highest BCUT2D eigenvalue weighted by molar-refractivity contribution is 5.85. The van der Waals surface area contributed by atoms with Crippen LogP contribution in [-0.2, 0) is 19.3 Å². The summed E-state index contributed by atoms with van der Waals surface area (Å²) >= 11 is 0. The van der Waals surface area contributed by atoms with Crippen molar-refractivity contribution >= 4 is 10.9 Å². The summed E-state index contributed by atoms with van der Waals surface area (Å²) in [5.41, 5.74) is 5.93. The molecule has 0 bridgehead atoms. The van der Waals surface area contributed by atoms with E-state index in [1.165, 1.54) is 48.6 Å². The van der Waals surface area contributed by atoms with Gasteiger partial charge in [-0.1, -0.05) is 6.42 Å². The first-order valence-corrected chi connectivity index (χ1v) is 7.15. The molecule has 96 valence electrons. The van der Waals surface area contributed by atoms with Crippen molar-refractivity contribution in [2.24, 2.45) is 0 Å². The quantitative estimate of drug-likeness (QED) is 0.795. The predicted octanol–water partition coefficient (Wildman–Crippen LogP) is 3.20. The third-order valence-corrected chi connectivity index (χ3v) is 4.12. The van der Waals surface area contributed by atoms with Crippen molar-refractivity contribution in [1.82, 2.24) is 10.3 Å². The predicted molar refractivity (Wildman–Crippen MR) is 77.2 cm³/mol. The number of rotatable bonds is 3. The van der Waals surface area contributed by atoms with Crippen LogP contribution in [0.5, 0.6) is 0 Å². The summed E-state index contributed by atoms with van der Waals surface area (Å²) < 4.78 is 0. The van der Waals surface area contributed by atoms with Gasteiger partial charge < -0.3 is 10.3 Å². The van der Waals surface area contributed by atoms with Gasteiger partial charge in [0.15, 0.2) is 0 Å². The summed E-state index contributed by atoms with van der Waals surface area (Å²) in [6.45, 7) is 1.05. The van der Waals surface area contributed by atoms with E-state index in [9.17, 15) is 0 Å². The van der Waals surface area contributed by atoms with Crippen molar-refractivity contribution in [3.05, 3.63) is 35.0 Å². The van der Waals surface area contributed by atoms with E-state index in [1.54, 1.807) is 11.1 Å². The van der Waals surface area contributed by atoms with Crippen molar-refractivity contribution in [1.29, 1.82) is 0 Å².